The van der Waals surface area contributed by atoms with Crippen LogP contribution in [-0.2, 0) is 4.79 Å². The second-order valence-corrected chi connectivity index (χ2v) is 6.02. The van der Waals surface area contributed by atoms with E-state index >= 15 is 0 Å². The minimum Gasteiger partial charge on any atom is -0.348 e. The van der Waals surface area contributed by atoms with Gasteiger partial charge < -0.3 is 11.1 Å². The second-order valence-electron chi connectivity index (χ2n) is 6.02. The van der Waals surface area contributed by atoms with Gasteiger partial charge in [-0.15, -0.1) is 0 Å². The number of nitrogens with two attached hydrogens (primary N) is 1. The Morgan fingerprint density at radius 3 is 2.20 bits per heavy atom. The molecule has 0 aliphatic heterocycles. The predicted molar refractivity (Wildman–Crippen MR) is 79.6 cm³/mol. The van der Waals surface area contributed by atoms with Crippen molar-refractivity contribution in [3.05, 3.63) is 35.6 Å². The van der Waals surface area contributed by atoms with Crippen molar-refractivity contribution >= 4 is 5.91 Å². The van der Waals surface area contributed by atoms with Gasteiger partial charge in [0.25, 0.3) is 0 Å². The van der Waals surface area contributed by atoms with Crippen LogP contribution in [0.5, 0.6) is 0 Å². The molecule has 3 N–H and O–H groups in total. The largest absolute Gasteiger partial charge is 0.348 e. The lowest BCUT2D eigenvalue weighted by molar-refractivity contribution is -0.123. The third-order valence-corrected chi connectivity index (χ3v) is 3.26. The van der Waals surface area contributed by atoms with Gasteiger partial charge in [0.15, 0.2) is 0 Å². The van der Waals surface area contributed by atoms with Crippen molar-refractivity contribution < 1.29 is 9.18 Å². The molecule has 1 rings (SSSR count). The molecule has 0 saturated heterocycles. The van der Waals surface area contributed by atoms with Crippen LogP contribution in [0.2, 0.25) is 0 Å². The van der Waals surface area contributed by atoms with Crippen LogP contribution >= 0.6 is 0 Å². The lowest BCUT2D eigenvalue weighted by atomic mass is 9.95. The van der Waals surface area contributed by atoms with Crippen molar-refractivity contribution in [2.45, 2.75) is 46.2 Å². The van der Waals surface area contributed by atoms with Crippen LogP contribution in [-0.4, -0.2) is 11.9 Å². The van der Waals surface area contributed by atoms with Crippen molar-refractivity contribution in [2.75, 3.05) is 0 Å². The first-order valence-corrected chi connectivity index (χ1v) is 7.12. The summed E-state index contributed by atoms with van der Waals surface area (Å²) in [6.07, 6.45) is 0.653. The molecule has 112 valence electrons. The number of nitrogens with one attached hydrogen (secondary N) is 1. The van der Waals surface area contributed by atoms with Crippen LogP contribution in [0.4, 0.5) is 4.39 Å². The summed E-state index contributed by atoms with van der Waals surface area (Å²) in [4.78, 5) is 12.1. The summed E-state index contributed by atoms with van der Waals surface area (Å²) in [7, 11) is 0. The van der Waals surface area contributed by atoms with Gasteiger partial charge in [0.05, 0.1) is 12.1 Å². The minimum absolute atomic E-state index is 0.151. The highest BCUT2D eigenvalue weighted by molar-refractivity contribution is 5.81. The lowest BCUT2D eigenvalue weighted by Gasteiger charge is -2.25. The second kappa shape index (κ2) is 7.39. The van der Waals surface area contributed by atoms with Gasteiger partial charge in [0.2, 0.25) is 5.91 Å². The summed E-state index contributed by atoms with van der Waals surface area (Å²) < 4.78 is 13.0. The molecular formula is C16H25FN2O. The van der Waals surface area contributed by atoms with Crippen LogP contribution in [0.3, 0.4) is 0 Å². The average Bonchev–Trinajstić information content (AvgIpc) is 2.35. The molecule has 0 radical (unpaired) electrons. The Hall–Kier alpha value is -1.42. The Morgan fingerprint density at radius 2 is 1.75 bits per heavy atom. The zero-order chi connectivity index (χ0) is 15.3. The van der Waals surface area contributed by atoms with E-state index in [0.717, 1.165) is 5.56 Å². The first-order chi connectivity index (χ1) is 9.31. The van der Waals surface area contributed by atoms with Crippen LogP contribution in [0.25, 0.3) is 0 Å². The molecule has 0 saturated carbocycles. The number of halogens is 1. The van der Waals surface area contributed by atoms with Gasteiger partial charge in [-0.2, -0.15) is 0 Å². The minimum atomic E-state index is -0.503. The van der Waals surface area contributed by atoms with Gasteiger partial charge in [-0.3, -0.25) is 4.79 Å². The monoisotopic (exact) mass is 280 g/mol. The summed E-state index contributed by atoms with van der Waals surface area (Å²) in [5.41, 5.74) is 6.79. The molecule has 0 aliphatic rings. The summed E-state index contributed by atoms with van der Waals surface area (Å²) in [5.74, 6) is 0.149. The fourth-order valence-electron chi connectivity index (χ4n) is 2.18. The van der Waals surface area contributed by atoms with Crippen molar-refractivity contribution in [3.8, 4) is 0 Å². The smallest absolute Gasteiger partial charge is 0.237 e. The first kappa shape index (κ1) is 16.6. The standard InChI is InChI=1S/C16H25FN2O/c1-10(2)9-14(18)16(20)19-15(11(3)4)12-5-7-13(17)8-6-12/h5-8,10-11,14-15H,9,18H2,1-4H3,(H,19,20). The zero-order valence-electron chi connectivity index (χ0n) is 12.7. The summed E-state index contributed by atoms with van der Waals surface area (Å²) in [6.45, 7) is 8.10. The van der Waals surface area contributed by atoms with E-state index in [1.165, 1.54) is 12.1 Å². The number of hydrogen-bond donors (Lipinski definition) is 2. The maximum Gasteiger partial charge on any atom is 0.237 e. The summed E-state index contributed by atoms with van der Waals surface area (Å²) >= 11 is 0. The Balaban J connectivity index is 2.77. The topological polar surface area (TPSA) is 55.1 Å². The first-order valence-electron chi connectivity index (χ1n) is 7.12. The number of rotatable bonds is 6. The van der Waals surface area contributed by atoms with Gasteiger partial charge in [0.1, 0.15) is 5.82 Å². The van der Waals surface area contributed by atoms with E-state index in [2.05, 4.69) is 5.32 Å². The Kier molecular flexibility index (Phi) is 6.14. The SMILES string of the molecule is CC(C)CC(N)C(=O)NC(c1ccc(F)cc1)C(C)C. The molecule has 2 atom stereocenters. The van der Waals surface area contributed by atoms with E-state index in [1.54, 1.807) is 12.1 Å². The molecule has 2 unspecified atom stereocenters. The molecule has 3 nitrogen and oxygen atoms in total. The molecule has 20 heavy (non-hydrogen) atoms. The van der Waals surface area contributed by atoms with Gasteiger partial charge in [0, 0.05) is 0 Å². The van der Waals surface area contributed by atoms with Gasteiger partial charge in [-0.1, -0.05) is 39.8 Å². The molecular weight excluding hydrogens is 255 g/mol. The normalized spacial score (nSPS) is 14.4. The van der Waals surface area contributed by atoms with Gasteiger partial charge >= 0.3 is 0 Å². The zero-order valence-corrected chi connectivity index (χ0v) is 12.7. The van der Waals surface area contributed by atoms with E-state index in [1.807, 2.05) is 27.7 Å². The molecule has 1 aromatic carbocycles. The fourth-order valence-corrected chi connectivity index (χ4v) is 2.18. The van der Waals surface area contributed by atoms with E-state index < -0.39 is 6.04 Å². The summed E-state index contributed by atoms with van der Waals surface area (Å²) in [5, 5.41) is 2.97. The third kappa shape index (κ3) is 4.93. The number of benzene rings is 1. The highest BCUT2D eigenvalue weighted by atomic mass is 19.1. The third-order valence-electron chi connectivity index (χ3n) is 3.26. The Bertz CT molecular complexity index is 429. The lowest BCUT2D eigenvalue weighted by Crippen LogP contribution is -2.44. The maximum absolute atomic E-state index is 13.0. The van der Waals surface area contributed by atoms with E-state index in [9.17, 15) is 9.18 Å². The molecule has 0 aromatic heterocycles. The summed E-state index contributed by atoms with van der Waals surface area (Å²) in [6, 6.07) is 5.57. The maximum atomic E-state index is 13.0. The van der Waals surface area contributed by atoms with Crippen LogP contribution in [0.1, 0.15) is 45.7 Å². The molecule has 0 fully saturated rings. The van der Waals surface area contributed by atoms with Crippen molar-refractivity contribution in [1.29, 1.82) is 0 Å². The number of amides is 1. The van der Waals surface area contributed by atoms with Crippen LogP contribution in [0, 0.1) is 17.7 Å². The molecule has 0 aliphatic carbocycles. The fraction of sp³-hybridized carbons (Fsp3) is 0.562. The van der Waals surface area contributed by atoms with Crippen molar-refractivity contribution in [3.63, 3.8) is 0 Å². The van der Waals surface area contributed by atoms with E-state index in [4.69, 9.17) is 5.73 Å². The Labute approximate surface area is 120 Å². The van der Waals surface area contributed by atoms with Gasteiger partial charge in [-0.25, -0.2) is 4.39 Å². The van der Waals surface area contributed by atoms with Crippen molar-refractivity contribution in [2.24, 2.45) is 17.6 Å². The van der Waals surface area contributed by atoms with Crippen LogP contribution < -0.4 is 11.1 Å². The molecule has 0 bridgehead atoms. The van der Waals surface area contributed by atoms with E-state index in [-0.39, 0.29) is 23.7 Å². The molecule has 0 spiro atoms. The number of carbonyl (C=O) groups excluding carboxylic acids is 1. The van der Waals surface area contributed by atoms with Crippen molar-refractivity contribution in [1.82, 2.24) is 5.32 Å². The van der Waals surface area contributed by atoms with Gasteiger partial charge in [-0.05, 0) is 36.0 Å². The average molecular weight is 280 g/mol. The molecule has 1 amide bonds. The number of carbonyl (C=O) groups is 1. The highest BCUT2D eigenvalue weighted by Crippen LogP contribution is 2.22. The molecule has 1 aromatic rings. The highest BCUT2D eigenvalue weighted by Gasteiger charge is 2.22. The quantitative estimate of drug-likeness (QED) is 0.841. The van der Waals surface area contributed by atoms with Crippen LogP contribution in [0.15, 0.2) is 24.3 Å². The Morgan fingerprint density at radius 1 is 1.20 bits per heavy atom. The predicted octanol–water partition coefficient (Wildman–Crippen LogP) is 3.01. The number of hydrogen-bond acceptors (Lipinski definition) is 2. The molecule has 4 heteroatoms. The van der Waals surface area contributed by atoms with E-state index in [0.29, 0.717) is 12.3 Å². The molecule has 0 heterocycles.